The summed E-state index contributed by atoms with van der Waals surface area (Å²) in [6.45, 7) is 1.69. The maximum atomic E-state index is 13.4. The minimum absolute atomic E-state index is 0.139. The van der Waals surface area contributed by atoms with Crippen molar-refractivity contribution in [3.63, 3.8) is 0 Å². The third kappa shape index (κ3) is 3.44. The predicted molar refractivity (Wildman–Crippen MR) is 67.5 cm³/mol. The van der Waals surface area contributed by atoms with Crippen LogP contribution in [0.3, 0.4) is 0 Å². The fraction of sp³-hybridized carbons (Fsp3) is 0.182. The van der Waals surface area contributed by atoms with E-state index in [1.54, 1.807) is 13.0 Å². The molecule has 19 heavy (non-hydrogen) atoms. The Hall–Kier alpha value is -2.09. The molecule has 1 heterocycles. The maximum Gasteiger partial charge on any atom is 0.276 e. The van der Waals surface area contributed by atoms with Crippen LogP contribution < -0.4 is 5.73 Å². The predicted octanol–water partition coefficient (Wildman–Crippen LogP) is 1.90. The maximum absolute atomic E-state index is 13.4. The molecule has 0 atom stereocenters. The van der Waals surface area contributed by atoms with E-state index < -0.39 is 5.82 Å². The monoisotopic (exact) mass is 282 g/mol. The number of aryl methyl sites for hydroxylation is 1. The van der Waals surface area contributed by atoms with E-state index in [0.717, 1.165) is 0 Å². The molecule has 0 radical (unpaired) electrons. The summed E-state index contributed by atoms with van der Waals surface area (Å²) >= 11 is 1.28. The van der Waals surface area contributed by atoms with E-state index in [1.807, 2.05) is 0 Å². The van der Waals surface area contributed by atoms with Gasteiger partial charge < -0.3 is 15.4 Å². The van der Waals surface area contributed by atoms with Crippen molar-refractivity contribution in [2.75, 3.05) is 0 Å². The fourth-order valence-electron chi connectivity index (χ4n) is 1.42. The molecule has 0 saturated heterocycles. The van der Waals surface area contributed by atoms with E-state index in [1.165, 1.54) is 23.9 Å². The number of rotatable bonds is 4. The van der Waals surface area contributed by atoms with Crippen LogP contribution >= 0.6 is 11.8 Å². The second-order valence-corrected chi connectivity index (χ2v) is 4.64. The molecule has 100 valence electrons. The number of benzene rings is 1. The standard InChI is InChI=1S/C11H11FN4O2S/c1-6-14-15-11(18-6)19-5-7-2-8(10(13)16-17)4-9(12)3-7/h2-4,17H,5H2,1H3,(H2,13,16). The van der Waals surface area contributed by atoms with E-state index in [2.05, 4.69) is 15.4 Å². The minimum atomic E-state index is -0.457. The first-order chi connectivity index (χ1) is 9.08. The number of nitrogens with zero attached hydrogens (tertiary/aromatic N) is 3. The molecule has 0 saturated carbocycles. The molecular formula is C11H11FN4O2S. The molecule has 0 spiro atoms. The van der Waals surface area contributed by atoms with Gasteiger partial charge in [0.1, 0.15) is 5.82 Å². The Morgan fingerprint density at radius 1 is 1.47 bits per heavy atom. The van der Waals surface area contributed by atoms with Gasteiger partial charge in [0.2, 0.25) is 5.89 Å². The third-order valence-corrected chi connectivity index (χ3v) is 3.12. The van der Waals surface area contributed by atoms with Crippen molar-refractivity contribution >= 4 is 17.6 Å². The number of nitrogens with two attached hydrogens (primary N) is 1. The number of amidine groups is 1. The quantitative estimate of drug-likeness (QED) is 0.292. The van der Waals surface area contributed by atoms with Gasteiger partial charge in [0, 0.05) is 18.2 Å². The van der Waals surface area contributed by atoms with Crippen LogP contribution in [-0.4, -0.2) is 21.2 Å². The van der Waals surface area contributed by atoms with Crippen molar-refractivity contribution in [1.29, 1.82) is 0 Å². The lowest BCUT2D eigenvalue weighted by Gasteiger charge is -2.03. The van der Waals surface area contributed by atoms with E-state index in [-0.39, 0.29) is 5.84 Å². The molecule has 0 aliphatic rings. The van der Waals surface area contributed by atoms with Crippen LogP contribution in [0.1, 0.15) is 17.0 Å². The van der Waals surface area contributed by atoms with Gasteiger partial charge in [0.25, 0.3) is 5.22 Å². The Morgan fingerprint density at radius 3 is 2.89 bits per heavy atom. The molecule has 8 heteroatoms. The number of halogens is 1. The summed E-state index contributed by atoms with van der Waals surface area (Å²) in [5.74, 6) is 0.311. The molecule has 0 unspecified atom stereocenters. The number of hydrogen-bond acceptors (Lipinski definition) is 6. The summed E-state index contributed by atoms with van der Waals surface area (Å²) in [5, 5.41) is 19.3. The highest BCUT2D eigenvalue weighted by Gasteiger charge is 2.08. The molecular weight excluding hydrogens is 271 g/mol. The van der Waals surface area contributed by atoms with E-state index in [4.69, 9.17) is 15.4 Å². The minimum Gasteiger partial charge on any atom is -0.416 e. The average Bonchev–Trinajstić information content (AvgIpc) is 2.80. The molecule has 0 amide bonds. The van der Waals surface area contributed by atoms with Crippen LogP contribution in [0, 0.1) is 12.7 Å². The number of oxime groups is 1. The summed E-state index contributed by atoms with van der Waals surface area (Å²) in [6.07, 6.45) is 0. The van der Waals surface area contributed by atoms with Crippen LogP contribution in [0.25, 0.3) is 0 Å². The average molecular weight is 282 g/mol. The Labute approximate surface area is 112 Å². The summed E-state index contributed by atoms with van der Waals surface area (Å²) < 4.78 is 18.6. The normalized spacial score (nSPS) is 11.8. The second kappa shape index (κ2) is 5.70. The van der Waals surface area contributed by atoms with Gasteiger partial charge in [-0.15, -0.1) is 10.2 Å². The Balaban J connectivity index is 2.14. The molecule has 3 N–H and O–H groups in total. The van der Waals surface area contributed by atoms with Crippen molar-refractivity contribution in [1.82, 2.24) is 10.2 Å². The van der Waals surface area contributed by atoms with Gasteiger partial charge in [-0.1, -0.05) is 16.9 Å². The smallest absolute Gasteiger partial charge is 0.276 e. The SMILES string of the molecule is Cc1nnc(SCc2cc(F)cc(/C(N)=N/O)c2)o1. The second-order valence-electron chi connectivity index (χ2n) is 3.71. The molecule has 6 nitrogen and oxygen atoms in total. The molecule has 0 bridgehead atoms. The van der Waals surface area contributed by atoms with Crippen LogP contribution in [0.15, 0.2) is 33.0 Å². The highest BCUT2D eigenvalue weighted by atomic mass is 32.2. The van der Waals surface area contributed by atoms with Crippen molar-refractivity contribution in [2.45, 2.75) is 17.9 Å². The van der Waals surface area contributed by atoms with Crippen molar-refractivity contribution in [3.05, 3.63) is 41.0 Å². The number of thioether (sulfide) groups is 1. The molecule has 0 fully saturated rings. The lowest BCUT2D eigenvalue weighted by atomic mass is 10.1. The van der Waals surface area contributed by atoms with Gasteiger partial charge in [-0.3, -0.25) is 0 Å². The Bertz CT molecular complexity index is 614. The fourth-order valence-corrected chi connectivity index (χ4v) is 2.16. The van der Waals surface area contributed by atoms with Crippen LogP contribution in [0.4, 0.5) is 4.39 Å². The van der Waals surface area contributed by atoms with Gasteiger partial charge in [-0.05, 0) is 23.8 Å². The topological polar surface area (TPSA) is 97.5 Å². The zero-order valence-electron chi connectivity index (χ0n) is 10.00. The third-order valence-electron chi connectivity index (χ3n) is 2.23. The van der Waals surface area contributed by atoms with Crippen LogP contribution in [-0.2, 0) is 5.75 Å². The largest absolute Gasteiger partial charge is 0.416 e. The number of hydrogen-bond donors (Lipinski definition) is 2. The van der Waals surface area contributed by atoms with E-state index in [9.17, 15) is 4.39 Å². The Morgan fingerprint density at radius 2 is 2.26 bits per heavy atom. The Kier molecular flexibility index (Phi) is 4.00. The zero-order chi connectivity index (χ0) is 13.8. The summed E-state index contributed by atoms with van der Waals surface area (Å²) in [5.41, 5.74) is 6.42. The van der Waals surface area contributed by atoms with Gasteiger partial charge in [-0.2, -0.15) is 0 Å². The number of aromatic nitrogens is 2. The van der Waals surface area contributed by atoms with Crippen LogP contribution in [0.2, 0.25) is 0 Å². The van der Waals surface area contributed by atoms with Gasteiger partial charge in [-0.25, -0.2) is 4.39 Å². The molecule has 2 aromatic rings. The summed E-state index contributed by atoms with van der Waals surface area (Å²) in [6, 6.07) is 4.19. The van der Waals surface area contributed by atoms with E-state index >= 15 is 0 Å². The first-order valence-electron chi connectivity index (χ1n) is 5.29. The molecule has 1 aromatic carbocycles. The molecule has 2 rings (SSSR count). The van der Waals surface area contributed by atoms with Crippen LogP contribution in [0.5, 0.6) is 0 Å². The highest BCUT2D eigenvalue weighted by molar-refractivity contribution is 7.98. The highest BCUT2D eigenvalue weighted by Crippen LogP contribution is 2.22. The first-order valence-corrected chi connectivity index (χ1v) is 6.27. The van der Waals surface area contributed by atoms with Crippen molar-refractivity contribution in [2.24, 2.45) is 10.9 Å². The lowest BCUT2D eigenvalue weighted by Crippen LogP contribution is -2.13. The van der Waals surface area contributed by atoms with Gasteiger partial charge in [0.05, 0.1) is 0 Å². The summed E-state index contributed by atoms with van der Waals surface area (Å²) in [4.78, 5) is 0. The van der Waals surface area contributed by atoms with Gasteiger partial charge >= 0.3 is 0 Å². The van der Waals surface area contributed by atoms with Crippen molar-refractivity contribution in [3.8, 4) is 0 Å². The van der Waals surface area contributed by atoms with E-state index in [0.29, 0.717) is 28.0 Å². The molecule has 1 aromatic heterocycles. The zero-order valence-corrected chi connectivity index (χ0v) is 10.8. The molecule has 0 aliphatic heterocycles. The van der Waals surface area contributed by atoms with Gasteiger partial charge in [0.15, 0.2) is 5.84 Å². The molecule has 0 aliphatic carbocycles. The van der Waals surface area contributed by atoms with Crippen molar-refractivity contribution < 1.29 is 14.0 Å². The lowest BCUT2D eigenvalue weighted by molar-refractivity contribution is 0.318. The summed E-state index contributed by atoms with van der Waals surface area (Å²) in [7, 11) is 0. The first kappa shape index (κ1) is 13.3.